The van der Waals surface area contributed by atoms with Gasteiger partial charge in [0.25, 0.3) is 5.56 Å². The Hall–Kier alpha value is -3.69. The summed E-state index contributed by atoms with van der Waals surface area (Å²) in [7, 11) is 0. The van der Waals surface area contributed by atoms with E-state index >= 15 is 0 Å². The molecule has 1 heterocycles. The lowest BCUT2D eigenvalue weighted by Gasteiger charge is -2.16. The van der Waals surface area contributed by atoms with Gasteiger partial charge in [-0.1, -0.05) is 11.6 Å². The van der Waals surface area contributed by atoms with E-state index in [1.807, 2.05) is 6.07 Å². The Morgan fingerprint density at radius 3 is 2.44 bits per heavy atom. The van der Waals surface area contributed by atoms with Crippen LogP contribution in [0.3, 0.4) is 0 Å². The zero-order chi connectivity index (χ0) is 20.1. The van der Waals surface area contributed by atoms with Gasteiger partial charge in [0.1, 0.15) is 29.1 Å². The highest BCUT2D eigenvalue weighted by Gasteiger charge is 2.22. The number of carbonyl (C=O) groups is 1. The quantitative estimate of drug-likeness (QED) is 0.675. The molecule has 9 nitrogen and oxygen atoms in total. The second-order valence-corrected chi connectivity index (χ2v) is 5.52. The second kappa shape index (κ2) is 8.13. The molecule has 138 valence electrons. The zero-order valence-corrected chi connectivity index (χ0v) is 14.8. The number of H-pyrrole nitrogens is 1. The zero-order valence-electron chi connectivity index (χ0n) is 14.0. The van der Waals surface area contributed by atoms with Gasteiger partial charge in [-0.3, -0.25) is 4.79 Å². The van der Waals surface area contributed by atoms with Gasteiger partial charge in [-0.2, -0.15) is 10.5 Å². The first kappa shape index (κ1) is 19.6. The van der Waals surface area contributed by atoms with Crippen LogP contribution in [0.25, 0.3) is 11.1 Å². The van der Waals surface area contributed by atoms with Crippen LogP contribution >= 0.6 is 11.6 Å². The molecule has 0 atom stereocenters. The van der Waals surface area contributed by atoms with Gasteiger partial charge < -0.3 is 25.3 Å². The first-order chi connectivity index (χ1) is 12.8. The molecule has 1 aromatic heterocycles. The SMILES string of the molecule is CCOc1cc(-c2c(C#N)c(N)[nH]c(=O)c2C#N)c(Cl)cc1OCC(=O)O. The fraction of sp³-hybridized carbons (Fsp3) is 0.176. The predicted octanol–water partition coefficient (Wildman–Crippen LogP) is 1.88. The maximum Gasteiger partial charge on any atom is 0.341 e. The lowest BCUT2D eigenvalue weighted by Crippen LogP contribution is -2.16. The largest absolute Gasteiger partial charge is 0.490 e. The second-order valence-electron chi connectivity index (χ2n) is 5.11. The molecule has 0 spiro atoms. The number of nitrogens with zero attached hydrogens (tertiary/aromatic N) is 2. The van der Waals surface area contributed by atoms with Gasteiger partial charge in [-0.15, -0.1) is 0 Å². The van der Waals surface area contributed by atoms with E-state index in [-0.39, 0.29) is 51.2 Å². The van der Waals surface area contributed by atoms with E-state index in [0.717, 1.165) is 0 Å². The van der Waals surface area contributed by atoms with Gasteiger partial charge >= 0.3 is 5.97 Å². The summed E-state index contributed by atoms with van der Waals surface area (Å²) >= 11 is 6.26. The molecule has 0 aliphatic carbocycles. The summed E-state index contributed by atoms with van der Waals surface area (Å²) in [4.78, 5) is 25.0. The van der Waals surface area contributed by atoms with Crippen LogP contribution in [0.15, 0.2) is 16.9 Å². The number of halogens is 1. The number of pyridine rings is 1. The lowest BCUT2D eigenvalue weighted by molar-refractivity contribution is -0.139. The third kappa shape index (κ3) is 3.94. The monoisotopic (exact) mass is 388 g/mol. The number of carboxylic acid groups (broad SMARTS) is 1. The average molecular weight is 389 g/mol. The minimum atomic E-state index is -1.20. The van der Waals surface area contributed by atoms with E-state index in [1.54, 1.807) is 13.0 Å². The molecule has 2 aromatic rings. The fourth-order valence-corrected chi connectivity index (χ4v) is 2.61. The van der Waals surface area contributed by atoms with Crippen LogP contribution in [0.1, 0.15) is 18.1 Å². The minimum Gasteiger partial charge on any atom is -0.490 e. The van der Waals surface area contributed by atoms with Crippen LogP contribution in [-0.4, -0.2) is 29.3 Å². The van der Waals surface area contributed by atoms with Crippen molar-refractivity contribution in [3.05, 3.63) is 38.6 Å². The molecular formula is C17H13ClN4O5. The summed E-state index contributed by atoms with van der Waals surface area (Å²) in [6.07, 6.45) is 0. The number of aliphatic carboxylic acids is 1. The van der Waals surface area contributed by atoms with E-state index in [2.05, 4.69) is 4.98 Å². The van der Waals surface area contributed by atoms with Crippen molar-refractivity contribution < 1.29 is 19.4 Å². The van der Waals surface area contributed by atoms with Crippen LogP contribution in [0, 0.1) is 22.7 Å². The number of ether oxygens (including phenoxy) is 2. The first-order valence-electron chi connectivity index (χ1n) is 7.51. The number of nitriles is 2. The number of nitrogens with two attached hydrogens (primary N) is 1. The third-order valence-electron chi connectivity index (χ3n) is 3.42. The molecule has 0 unspecified atom stereocenters. The highest BCUT2D eigenvalue weighted by Crippen LogP contribution is 2.41. The van der Waals surface area contributed by atoms with Gasteiger partial charge in [0.2, 0.25) is 0 Å². The summed E-state index contributed by atoms with van der Waals surface area (Å²) in [6, 6.07) is 6.22. The number of hydrogen-bond acceptors (Lipinski definition) is 7. The molecule has 10 heteroatoms. The number of anilines is 1. The first-order valence-corrected chi connectivity index (χ1v) is 7.89. The van der Waals surface area contributed by atoms with Crippen molar-refractivity contribution in [2.75, 3.05) is 18.9 Å². The summed E-state index contributed by atoms with van der Waals surface area (Å²) < 4.78 is 10.6. The molecule has 27 heavy (non-hydrogen) atoms. The molecule has 0 bridgehead atoms. The molecule has 2 rings (SSSR count). The van der Waals surface area contributed by atoms with Crippen LogP contribution in [-0.2, 0) is 4.79 Å². The molecule has 0 aliphatic rings. The molecule has 0 amide bonds. The highest BCUT2D eigenvalue weighted by atomic mass is 35.5. The normalized spacial score (nSPS) is 9.93. The molecule has 0 radical (unpaired) electrons. The number of nitrogen functional groups attached to an aromatic ring is 1. The molecule has 0 aliphatic heterocycles. The van der Waals surface area contributed by atoms with Crippen LogP contribution in [0.4, 0.5) is 5.82 Å². The Balaban J connectivity index is 2.79. The Labute approximate surface area is 158 Å². The van der Waals surface area contributed by atoms with E-state index < -0.39 is 18.1 Å². The van der Waals surface area contributed by atoms with Crippen molar-refractivity contribution >= 4 is 23.4 Å². The average Bonchev–Trinajstić information content (AvgIpc) is 2.61. The van der Waals surface area contributed by atoms with E-state index in [9.17, 15) is 20.1 Å². The number of carboxylic acids is 1. The number of benzene rings is 1. The molecular weight excluding hydrogens is 376 g/mol. The predicted molar refractivity (Wildman–Crippen MR) is 95.7 cm³/mol. The number of rotatable bonds is 6. The van der Waals surface area contributed by atoms with Crippen molar-refractivity contribution in [3.8, 4) is 34.8 Å². The van der Waals surface area contributed by atoms with Gasteiger partial charge in [-0.25, -0.2) is 4.79 Å². The molecule has 0 fully saturated rings. The number of hydrogen-bond donors (Lipinski definition) is 3. The van der Waals surface area contributed by atoms with Crippen molar-refractivity contribution in [1.82, 2.24) is 4.98 Å². The van der Waals surface area contributed by atoms with Gasteiger partial charge in [0, 0.05) is 17.2 Å². The van der Waals surface area contributed by atoms with Crippen molar-refractivity contribution in [2.45, 2.75) is 6.92 Å². The standard InChI is InChI=1S/C17H13ClN4O5/c1-2-26-12-3-8(11(18)4-13(12)27-7-14(23)24)15-9(5-19)16(21)22-17(25)10(15)6-20/h3-4H,2,7H2,1H3,(H,23,24)(H3,21,22,25). The van der Waals surface area contributed by atoms with Crippen LogP contribution < -0.4 is 20.8 Å². The van der Waals surface area contributed by atoms with Crippen LogP contribution in [0.5, 0.6) is 11.5 Å². The van der Waals surface area contributed by atoms with Crippen molar-refractivity contribution in [3.63, 3.8) is 0 Å². The lowest BCUT2D eigenvalue weighted by atomic mass is 9.96. The maximum atomic E-state index is 12.1. The van der Waals surface area contributed by atoms with Gasteiger partial charge in [0.05, 0.1) is 11.6 Å². The minimum absolute atomic E-state index is 0.0110. The Kier molecular flexibility index (Phi) is 5.91. The van der Waals surface area contributed by atoms with Crippen LogP contribution in [0.2, 0.25) is 5.02 Å². The Morgan fingerprint density at radius 2 is 1.89 bits per heavy atom. The molecule has 0 saturated heterocycles. The fourth-order valence-electron chi connectivity index (χ4n) is 2.36. The topological polar surface area (TPSA) is 162 Å². The van der Waals surface area contributed by atoms with Gasteiger partial charge in [-0.05, 0) is 13.0 Å². The Bertz CT molecular complexity index is 1050. The van der Waals surface area contributed by atoms with Crippen molar-refractivity contribution in [2.24, 2.45) is 0 Å². The molecule has 4 N–H and O–H groups in total. The van der Waals surface area contributed by atoms with E-state index in [4.69, 9.17) is 31.9 Å². The Morgan fingerprint density at radius 1 is 1.26 bits per heavy atom. The highest BCUT2D eigenvalue weighted by molar-refractivity contribution is 6.33. The molecule has 1 aromatic carbocycles. The number of aromatic nitrogens is 1. The summed E-state index contributed by atoms with van der Waals surface area (Å²) in [5, 5.41) is 27.5. The number of nitrogens with one attached hydrogen (secondary N) is 1. The van der Waals surface area contributed by atoms with E-state index in [1.165, 1.54) is 12.1 Å². The van der Waals surface area contributed by atoms with Crippen molar-refractivity contribution in [1.29, 1.82) is 10.5 Å². The summed E-state index contributed by atoms with van der Waals surface area (Å²) in [5.41, 5.74) is 4.56. The smallest absolute Gasteiger partial charge is 0.341 e. The maximum absolute atomic E-state index is 12.1. The third-order valence-corrected chi connectivity index (χ3v) is 3.73. The van der Waals surface area contributed by atoms with E-state index in [0.29, 0.717) is 0 Å². The molecule has 0 saturated carbocycles. The summed E-state index contributed by atoms with van der Waals surface area (Å²) in [5.74, 6) is -1.22. The summed E-state index contributed by atoms with van der Waals surface area (Å²) in [6.45, 7) is 1.29. The number of aromatic amines is 1. The van der Waals surface area contributed by atoms with Gasteiger partial charge in [0.15, 0.2) is 18.1 Å².